The first-order valence-electron chi connectivity index (χ1n) is 3.51. The molecule has 0 aromatic carbocycles. The molecule has 2 heterocycles. The molecule has 0 saturated carbocycles. The van der Waals surface area contributed by atoms with Crippen LogP contribution in [-0.4, -0.2) is 13.4 Å². The fourth-order valence-electron chi connectivity index (χ4n) is 0.999. The Morgan fingerprint density at radius 2 is 2.29 bits per heavy atom. The minimum Gasteiger partial charge on any atom is -0.450 e. The fourth-order valence-corrected chi connectivity index (χ4v) is 2.32. The van der Waals surface area contributed by atoms with Gasteiger partial charge < -0.3 is 4.42 Å². The second kappa shape index (κ2) is 3.18. The molecule has 4 nitrogen and oxygen atoms in total. The first-order valence-corrected chi connectivity index (χ1v) is 5.77. The molecule has 2 aromatic rings. The van der Waals surface area contributed by atoms with Gasteiger partial charge in [0.1, 0.15) is 5.01 Å². The topological polar surface area (TPSA) is 60.2 Å². The Bertz CT molecular complexity index is 529. The zero-order valence-corrected chi connectivity index (χ0v) is 8.31. The van der Waals surface area contributed by atoms with Crippen LogP contribution in [0.2, 0.25) is 0 Å². The van der Waals surface area contributed by atoms with Crippen molar-refractivity contribution in [2.24, 2.45) is 0 Å². The predicted molar refractivity (Wildman–Crippen MR) is 48.1 cm³/mol. The normalized spacial score (nSPS) is 11.8. The van der Waals surface area contributed by atoms with Gasteiger partial charge in [-0.25, -0.2) is 4.98 Å². The third-order valence-corrected chi connectivity index (χ3v) is 3.08. The molecule has 0 aliphatic rings. The Morgan fingerprint density at radius 1 is 1.50 bits per heavy atom. The summed E-state index contributed by atoms with van der Waals surface area (Å²) in [6.07, 6.45) is 2.62. The van der Waals surface area contributed by atoms with Crippen molar-refractivity contribution in [2.45, 2.75) is 5.09 Å². The van der Waals surface area contributed by atoms with Crippen molar-refractivity contribution in [2.75, 3.05) is 0 Å². The largest absolute Gasteiger partial charge is 0.450 e. The van der Waals surface area contributed by atoms with Gasteiger partial charge in [0, 0.05) is 11.6 Å². The molecular formula is C7H4FNO3S2. The maximum atomic E-state index is 12.7. The van der Waals surface area contributed by atoms with Crippen LogP contribution in [0.3, 0.4) is 0 Å². The third kappa shape index (κ3) is 1.55. The van der Waals surface area contributed by atoms with Crippen molar-refractivity contribution >= 4 is 21.6 Å². The summed E-state index contributed by atoms with van der Waals surface area (Å²) in [5, 5.41) is 1.39. The number of hydrogen-bond acceptors (Lipinski definition) is 5. The quantitative estimate of drug-likeness (QED) is 0.745. The van der Waals surface area contributed by atoms with Crippen molar-refractivity contribution < 1.29 is 16.7 Å². The SMILES string of the molecule is O=S(=O)(F)c1occc1-c1nccs1. The van der Waals surface area contributed by atoms with Crippen molar-refractivity contribution in [1.82, 2.24) is 4.98 Å². The number of nitrogens with zero attached hydrogens (tertiary/aromatic N) is 1. The lowest BCUT2D eigenvalue weighted by molar-refractivity contribution is 0.436. The van der Waals surface area contributed by atoms with Gasteiger partial charge in [0.15, 0.2) is 0 Å². The maximum Gasteiger partial charge on any atom is 0.366 e. The summed E-state index contributed by atoms with van der Waals surface area (Å²) in [5.41, 5.74) is 0.155. The summed E-state index contributed by atoms with van der Waals surface area (Å²) in [4.78, 5) is 3.86. The van der Waals surface area contributed by atoms with Gasteiger partial charge in [-0.3, -0.25) is 0 Å². The lowest BCUT2D eigenvalue weighted by atomic mass is 10.4. The number of halogens is 1. The van der Waals surface area contributed by atoms with Gasteiger partial charge in [-0.15, -0.1) is 11.3 Å². The Morgan fingerprint density at radius 3 is 2.86 bits per heavy atom. The van der Waals surface area contributed by atoms with E-state index in [9.17, 15) is 12.3 Å². The minimum atomic E-state index is -4.82. The van der Waals surface area contributed by atoms with Gasteiger partial charge in [-0.1, -0.05) is 3.89 Å². The standard InChI is InChI=1S/C7H4FNO3S2/c8-14(10,11)7-5(1-3-12-7)6-9-2-4-13-6/h1-4H. The van der Waals surface area contributed by atoms with E-state index in [0.29, 0.717) is 5.01 Å². The Balaban J connectivity index is 2.62. The highest BCUT2D eigenvalue weighted by molar-refractivity contribution is 7.86. The molecule has 0 spiro atoms. The number of furan rings is 1. The van der Waals surface area contributed by atoms with Gasteiger partial charge >= 0.3 is 10.2 Å². The lowest BCUT2D eigenvalue weighted by Crippen LogP contribution is -1.91. The first-order chi connectivity index (χ1) is 6.59. The van der Waals surface area contributed by atoms with E-state index in [1.807, 2.05) is 0 Å². The van der Waals surface area contributed by atoms with Crippen LogP contribution < -0.4 is 0 Å². The maximum absolute atomic E-state index is 12.7. The number of aromatic nitrogens is 1. The molecule has 0 unspecified atom stereocenters. The molecule has 7 heteroatoms. The summed E-state index contributed by atoms with van der Waals surface area (Å²) >= 11 is 1.21. The predicted octanol–water partition coefficient (Wildman–Crippen LogP) is 2.06. The van der Waals surface area contributed by atoms with E-state index in [2.05, 4.69) is 9.40 Å². The van der Waals surface area contributed by atoms with Crippen molar-refractivity contribution in [3.05, 3.63) is 23.9 Å². The molecule has 2 aromatic heterocycles. The number of rotatable bonds is 2. The fraction of sp³-hybridized carbons (Fsp3) is 0. The van der Waals surface area contributed by atoms with Crippen LogP contribution >= 0.6 is 11.3 Å². The minimum absolute atomic E-state index is 0.155. The zero-order valence-electron chi connectivity index (χ0n) is 6.68. The van der Waals surface area contributed by atoms with Crippen molar-refractivity contribution in [3.63, 3.8) is 0 Å². The summed E-state index contributed by atoms with van der Waals surface area (Å²) in [5.74, 6) is 0. The highest BCUT2D eigenvalue weighted by atomic mass is 32.3. The molecule has 0 aliphatic carbocycles. The molecule has 0 amide bonds. The van der Waals surface area contributed by atoms with E-state index in [0.717, 1.165) is 6.26 Å². The van der Waals surface area contributed by atoms with E-state index in [-0.39, 0.29) is 5.56 Å². The van der Waals surface area contributed by atoms with E-state index in [1.54, 1.807) is 5.38 Å². The van der Waals surface area contributed by atoms with Gasteiger partial charge in [0.25, 0.3) is 5.09 Å². The van der Waals surface area contributed by atoms with E-state index >= 15 is 0 Å². The molecular weight excluding hydrogens is 229 g/mol. The molecule has 0 bridgehead atoms. The third-order valence-electron chi connectivity index (χ3n) is 1.51. The van der Waals surface area contributed by atoms with Crippen LogP contribution in [0.15, 0.2) is 33.4 Å². The van der Waals surface area contributed by atoms with Crippen LogP contribution in [-0.2, 0) is 10.2 Å². The van der Waals surface area contributed by atoms with E-state index in [4.69, 9.17) is 0 Å². The van der Waals surface area contributed by atoms with Crippen LogP contribution in [0.4, 0.5) is 3.89 Å². The van der Waals surface area contributed by atoms with Gasteiger partial charge in [-0.2, -0.15) is 8.42 Å². The molecule has 0 fully saturated rings. The van der Waals surface area contributed by atoms with E-state index < -0.39 is 15.3 Å². The summed E-state index contributed by atoms with van der Waals surface area (Å²) < 4.78 is 38.5. The highest BCUT2D eigenvalue weighted by Crippen LogP contribution is 2.30. The summed E-state index contributed by atoms with van der Waals surface area (Å²) in [6, 6.07) is 1.37. The molecule has 0 radical (unpaired) electrons. The molecule has 0 atom stereocenters. The average Bonchev–Trinajstić information content (AvgIpc) is 2.73. The summed E-state index contributed by atoms with van der Waals surface area (Å²) in [7, 11) is -4.82. The molecule has 14 heavy (non-hydrogen) atoms. The second-order valence-electron chi connectivity index (χ2n) is 2.40. The lowest BCUT2D eigenvalue weighted by Gasteiger charge is -1.92. The molecule has 0 N–H and O–H groups in total. The van der Waals surface area contributed by atoms with Crippen LogP contribution in [0.1, 0.15) is 0 Å². The number of hydrogen-bond donors (Lipinski definition) is 0. The Hall–Kier alpha value is -1.21. The van der Waals surface area contributed by atoms with Gasteiger partial charge in [-0.05, 0) is 6.07 Å². The van der Waals surface area contributed by atoms with Crippen LogP contribution in [0.5, 0.6) is 0 Å². The van der Waals surface area contributed by atoms with Crippen LogP contribution in [0, 0.1) is 0 Å². The zero-order chi connectivity index (χ0) is 10.2. The van der Waals surface area contributed by atoms with Crippen molar-refractivity contribution in [1.29, 1.82) is 0 Å². The summed E-state index contributed by atoms with van der Waals surface area (Å²) in [6.45, 7) is 0. The first kappa shape index (κ1) is 9.35. The second-order valence-corrected chi connectivity index (χ2v) is 4.54. The average molecular weight is 233 g/mol. The van der Waals surface area contributed by atoms with E-state index in [1.165, 1.54) is 23.6 Å². The monoisotopic (exact) mass is 233 g/mol. The Kier molecular flexibility index (Phi) is 2.12. The van der Waals surface area contributed by atoms with Crippen LogP contribution in [0.25, 0.3) is 10.6 Å². The van der Waals surface area contributed by atoms with Gasteiger partial charge in [0.2, 0.25) is 0 Å². The molecule has 74 valence electrons. The Labute approximate surface area is 83.2 Å². The molecule has 0 saturated heterocycles. The molecule has 2 rings (SSSR count). The smallest absolute Gasteiger partial charge is 0.366 e. The van der Waals surface area contributed by atoms with Gasteiger partial charge in [0.05, 0.1) is 11.8 Å². The number of thiazole rings is 1. The van der Waals surface area contributed by atoms with Crippen molar-refractivity contribution in [3.8, 4) is 10.6 Å². The highest BCUT2D eigenvalue weighted by Gasteiger charge is 2.23. The molecule has 0 aliphatic heterocycles.